The quantitative estimate of drug-likeness (QED) is 0.606. The minimum atomic E-state index is -0.528. The van der Waals surface area contributed by atoms with E-state index in [1.807, 2.05) is 35.2 Å². The first-order chi connectivity index (χ1) is 12.1. The second kappa shape index (κ2) is 7.56. The van der Waals surface area contributed by atoms with Crippen LogP contribution in [0, 0.1) is 10.1 Å². The topological polar surface area (TPSA) is 113 Å². The Morgan fingerprint density at radius 2 is 1.92 bits per heavy atom. The maximum absolute atomic E-state index is 12.0. The van der Waals surface area contributed by atoms with Gasteiger partial charge in [0.05, 0.1) is 11.3 Å². The van der Waals surface area contributed by atoms with E-state index in [1.54, 1.807) is 0 Å². The molecule has 1 aromatic carbocycles. The summed E-state index contributed by atoms with van der Waals surface area (Å²) >= 11 is 0. The van der Waals surface area contributed by atoms with E-state index < -0.39 is 4.92 Å². The molecule has 130 valence electrons. The summed E-state index contributed by atoms with van der Waals surface area (Å²) in [7, 11) is 0. The van der Waals surface area contributed by atoms with Crippen LogP contribution in [0.2, 0.25) is 0 Å². The molecule has 0 atom stereocenters. The van der Waals surface area contributed by atoms with Gasteiger partial charge in [-0.05, 0) is 18.4 Å². The Bertz CT molecular complexity index is 762. The van der Waals surface area contributed by atoms with Gasteiger partial charge in [0.1, 0.15) is 6.33 Å². The number of carbonyl (C=O) groups excluding carboxylic acids is 1. The smallest absolute Gasteiger partial charge is 0.351 e. The number of hydrazine groups is 1. The summed E-state index contributed by atoms with van der Waals surface area (Å²) < 4.78 is 0. The van der Waals surface area contributed by atoms with Crippen LogP contribution in [-0.4, -0.2) is 33.9 Å². The minimum absolute atomic E-state index is 0.0247. The van der Waals surface area contributed by atoms with Crippen LogP contribution in [0.5, 0.6) is 0 Å². The summed E-state index contributed by atoms with van der Waals surface area (Å²) in [6.07, 6.45) is 3.35. The summed E-state index contributed by atoms with van der Waals surface area (Å²) in [5.41, 5.74) is 5.63. The molecule has 0 radical (unpaired) electrons. The van der Waals surface area contributed by atoms with Gasteiger partial charge in [-0.1, -0.05) is 30.3 Å². The molecule has 0 unspecified atom stereocenters. The zero-order valence-corrected chi connectivity index (χ0v) is 13.5. The number of rotatable bonds is 6. The first-order valence-electron chi connectivity index (χ1n) is 7.98. The Morgan fingerprint density at radius 3 is 2.60 bits per heavy atom. The van der Waals surface area contributed by atoms with Gasteiger partial charge < -0.3 is 4.90 Å². The van der Waals surface area contributed by atoms with Gasteiger partial charge in [0.15, 0.2) is 0 Å². The first kappa shape index (κ1) is 16.6. The minimum Gasteiger partial charge on any atom is -0.351 e. The monoisotopic (exact) mass is 342 g/mol. The second-order valence-corrected chi connectivity index (χ2v) is 5.68. The summed E-state index contributed by atoms with van der Waals surface area (Å²) in [5, 5.41) is 11.5. The fraction of sp³-hybridized carbons (Fsp3) is 0.312. The van der Waals surface area contributed by atoms with E-state index in [2.05, 4.69) is 20.8 Å². The van der Waals surface area contributed by atoms with E-state index >= 15 is 0 Å². The van der Waals surface area contributed by atoms with E-state index in [4.69, 9.17) is 0 Å². The lowest BCUT2D eigenvalue weighted by Crippen LogP contribution is -2.32. The third-order valence-corrected chi connectivity index (χ3v) is 3.92. The normalized spacial score (nSPS) is 13.5. The van der Waals surface area contributed by atoms with Crippen LogP contribution in [0.15, 0.2) is 36.7 Å². The Kier molecular flexibility index (Phi) is 5.03. The maximum atomic E-state index is 12.0. The molecule has 0 spiro atoms. The lowest BCUT2D eigenvalue weighted by Gasteiger charge is -2.17. The van der Waals surface area contributed by atoms with Gasteiger partial charge in [-0.25, -0.2) is 9.97 Å². The molecule has 2 aromatic rings. The van der Waals surface area contributed by atoms with Crippen molar-refractivity contribution < 1.29 is 9.72 Å². The summed E-state index contributed by atoms with van der Waals surface area (Å²) in [4.78, 5) is 32.8. The molecule has 0 aliphatic carbocycles. The van der Waals surface area contributed by atoms with Gasteiger partial charge in [-0.2, -0.15) is 0 Å². The van der Waals surface area contributed by atoms with Crippen LogP contribution < -0.4 is 15.8 Å². The molecule has 0 bridgehead atoms. The molecule has 1 aromatic heterocycles. The number of carbonyl (C=O) groups is 1. The van der Waals surface area contributed by atoms with Gasteiger partial charge in [-0.15, -0.1) is 0 Å². The molecule has 3 rings (SSSR count). The van der Waals surface area contributed by atoms with Crippen LogP contribution in [0.25, 0.3) is 0 Å². The van der Waals surface area contributed by atoms with E-state index in [1.165, 1.54) is 6.33 Å². The van der Waals surface area contributed by atoms with Gasteiger partial charge in [0, 0.05) is 13.1 Å². The van der Waals surface area contributed by atoms with E-state index in [0.717, 1.165) is 31.5 Å². The summed E-state index contributed by atoms with van der Waals surface area (Å²) in [5.74, 6) is -0.0672. The molecule has 1 amide bonds. The number of aromatic nitrogens is 2. The molecule has 9 heteroatoms. The number of nitrogens with one attached hydrogen (secondary N) is 2. The van der Waals surface area contributed by atoms with Crippen molar-refractivity contribution in [2.24, 2.45) is 0 Å². The molecule has 0 saturated carbocycles. The van der Waals surface area contributed by atoms with Crippen LogP contribution >= 0.6 is 0 Å². The average Bonchev–Trinajstić information content (AvgIpc) is 3.15. The molecule has 1 fully saturated rings. The van der Waals surface area contributed by atoms with Crippen LogP contribution in [0.1, 0.15) is 18.4 Å². The number of hydrogen-bond acceptors (Lipinski definition) is 7. The van der Waals surface area contributed by atoms with Gasteiger partial charge in [0.2, 0.25) is 17.5 Å². The lowest BCUT2D eigenvalue weighted by atomic mass is 10.1. The predicted octanol–water partition coefficient (Wildman–Crippen LogP) is 1.67. The highest BCUT2D eigenvalue weighted by Crippen LogP contribution is 2.33. The first-order valence-corrected chi connectivity index (χ1v) is 7.98. The Morgan fingerprint density at radius 1 is 1.20 bits per heavy atom. The SMILES string of the molecule is O=C(Cc1ccccc1)NNc1ncnc(N2CCCC2)c1[N+](=O)[O-]. The van der Waals surface area contributed by atoms with Crippen molar-refractivity contribution in [3.05, 3.63) is 52.3 Å². The maximum Gasteiger partial charge on any atom is 0.355 e. The van der Waals surface area contributed by atoms with Crippen LogP contribution in [0.4, 0.5) is 17.3 Å². The van der Waals surface area contributed by atoms with Crippen molar-refractivity contribution in [1.82, 2.24) is 15.4 Å². The van der Waals surface area contributed by atoms with Crippen LogP contribution in [0.3, 0.4) is 0 Å². The third kappa shape index (κ3) is 4.00. The van der Waals surface area contributed by atoms with Crippen molar-refractivity contribution >= 4 is 23.2 Å². The number of nitro groups is 1. The van der Waals surface area contributed by atoms with Gasteiger partial charge >= 0.3 is 5.69 Å². The summed E-state index contributed by atoms with van der Waals surface area (Å²) in [6.45, 7) is 1.44. The zero-order valence-electron chi connectivity index (χ0n) is 13.5. The lowest BCUT2D eigenvalue weighted by molar-refractivity contribution is -0.383. The number of amides is 1. The van der Waals surface area contributed by atoms with Crippen molar-refractivity contribution in [3.63, 3.8) is 0 Å². The largest absolute Gasteiger partial charge is 0.355 e. The zero-order chi connectivity index (χ0) is 17.6. The second-order valence-electron chi connectivity index (χ2n) is 5.68. The third-order valence-electron chi connectivity index (χ3n) is 3.92. The fourth-order valence-electron chi connectivity index (χ4n) is 2.74. The fourth-order valence-corrected chi connectivity index (χ4v) is 2.74. The van der Waals surface area contributed by atoms with Crippen molar-refractivity contribution in [1.29, 1.82) is 0 Å². The van der Waals surface area contributed by atoms with Crippen molar-refractivity contribution in [2.45, 2.75) is 19.3 Å². The van der Waals surface area contributed by atoms with Gasteiger partial charge in [0.25, 0.3) is 0 Å². The van der Waals surface area contributed by atoms with Crippen LogP contribution in [-0.2, 0) is 11.2 Å². The number of nitrogens with zero attached hydrogens (tertiary/aromatic N) is 4. The van der Waals surface area contributed by atoms with E-state index in [9.17, 15) is 14.9 Å². The highest BCUT2D eigenvalue weighted by Gasteiger charge is 2.28. The highest BCUT2D eigenvalue weighted by atomic mass is 16.6. The molecule has 25 heavy (non-hydrogen) atoms. The predicted molar refractivity (Wildman–Crippen MR) is 92.0 cm³/mol. The van der Waals surface area contributed by atoms with Crippen molar-refractivity contribution in [3.8, 4) is 0 Å². The molecule has 2 heterocycles. The molecule has 9 nitrogen and oxygen atoms in total. The molecule has 1 aliphatic heterocycles. The van der Waals surface area contributed by atoms with E-state index in [0.29, 0.717) is 0 Å². The van der Waals surface area contributed by atoms with E-state index in [-0.39, 0.29) is 29.7 Å². The Labute approximate surface area is 144 Å². The van der Waals surface area contributed by atoms with Crippen molar-refractivity contribution in [2.75, 3.05) is 23.4 Å². The molecule has 1 aliphatic rings. The van der Waals surface area contributed by atoms with Gasteiger partial charge in [-0.3, -0.25) is 25.8 Å². The highest BCUT2D eigenvalue weighted by molar-refractivity contribution is 5.81. The Hall–Kier alpha value is -3.23. The molecule has 1 saturated heterocycles. The summed E-state index contributed by atoms with van der Waals surface area (Å²) in [6, 6.07) is 9.21. The average molecular weight is 342 g/mol. The molecular formula is C16H18N6O3. The number of benzene rings is 1. The number of hydrogen-bond donors (Lipinski definition) is 2. The molecule has 2 N–H and O–H groups in total. The number of anilines is 2. The molecular weight excluding hydrogens is 324 g/mol. The standard InChI is InChI=1S/C16H18N6O3/c23-13(10-12-6-2-1-3-7-12)19-20-15-14(22(24)25)16(18-11-17-15)21-8-4-5-9-21/h1-3,6-7,11H,4-5,8-10H2,(H,19,23)(H,17,18,20). The Balaban J connectivity index is 1.72.